The molecule has 2 N–H and O–H groups in total. The van der Waals surface area contributed by atoms with Crippen molar-refractivity contribution in [1.29, 1.82) is 0 Å². The summed E-state index contributed by atoms with van der Waals surface area (Å²) in [6.45, 7) is 2.23. The topological polar surface area (TPSA) is 95.9 Å². The lowest BCUT2D eigenvalue weighted by atomic mass is 10.1. The van der Waals surface area contributed by atoms with Crippen molar-refractivity contribution in [1.82, 2.24) is 4.57 Å². The number of ether oxygens (including phenoxy) is 2. The van der Waals surface area contributed by atoms with Crippen molar-refractivity contribution in [3.05, 3.63) is 88.0 Å². The summed E-state index contributed by atoms with van der Waals surface area (Å²) < 4.78 is 12.4. The van der Waals surface area contributed by atoms with Gasteiger partial charge in [0.1, 0.15) is 5.49 Å². The molecule has 1 aromatic heterocycles. The van der Waals surface area contributed by atoms with E-state index < -0.39 is 11.8 Å². The molecule has 0 aliphatic rings. The maximum Gasteiger partial charge on any atom is 0.279 e. The lowest BCUT2D eigenvalue weighted by Gasteiger charge is -2.12. The highest BCUT2D eigenvalue weighted by molar-refractivity contribution is 6.32. The van der Waals surface area contributed by atoms with Crippen molar-refractivity contribution >= 4 is 23.4 Å². The number of carbonyl (C=O) groups is 2. The molecule has 2 amide bonds. The molecule has 7 nitrogen and oxygen atoms in total. The van der Waals surface area contributed by atoms with Crippen LogP contribution in [-0.2, 0) is 11.3 Å². The average Bonchev–Trinajstić information content (AvgIpc) is 2.75. The Morgan fingerprint density at radius 3 is 2.55 bits per heavy atom. The predicted molar refractivity (Wildman–Crippen MR) is 117 cm³/mol. The van der Waals surface area contributed by atoms with Crippen LogP contribution >= 0.6 is 11.6 Å². The van der Waals surface area contributed by atoms with E-state index in [2.05, 4.69) is 4.99 Å². The molecule has 0 bridgehead atoms. The number of aromatic nitrogens is 1. The molecule has 0 aliphatic heterocycles. The number of nitrogens with two attached hydrogens (primary N) is 1. The molecule has 1 heterocycles. The van der Waals surface area contributed by atoms with Crippen LogP contribution in [0.15, 0.2) is 65.8 Å². The number of methoxy groups -OCH3 is 1. The standard InChI is InChI=1S/C23H22ClN3O4/c1-15-6-8-16(9-7-15)13-27-10-4-3-5-21(27)26-23(29)17-11-18(24)22(19(12-17)30-2)31-14-20(25)28/h3-12H,13-14H2,1-2H3,(H2,25,28). The average molecular weight is 440 g/mol. The van der Waals surface area contributed by atoms with Gasteiger partial charge in [-0.05, 0) is 36.8 Å². The zero-order chi connectivity index (χ0) is 22.4. The Morgan fingerprint density at radius 1 is 1.13 bits per heavy atom. The Bertz CT molecular complexity index is 1170. The maximum absolute atomic E-state index is 12.9. The number of aryl methyl sites for hydroxylation is 1. The molecule has 0 atom stereocenters. The van der Waals surface area contributed by atoms with Crippen LogP contribution < -0.4 is 20.7 Å². The van der Waals surface area contributed by atoms with E-state index in [1.54, 1.807) is 6.07 Å². The van der Waals surface area contributed by atoms with E-state index in [0.29, 0.717) is 12.0 Å². The van der Waals surface area contributed by atoms with Crippen molar-refractivity contribution in [3.8, 4) is 11.5 Å². The first-order chi connectivity index (χ1) is 14.9. The fourth-order valence-corrected chi connectivity index (χ4v) is 3.15. The molecule has 160 valence electrons. The monoisotopic (exact) mass is 439 g/mol. The Labute approximate surface area is 184 Å². The van der Waals surface area contributed by atoms with Crippen LogP contribution in [0.1, 0.15) is 21.5 Å². The number of amides is 2. The summed E-state index contributed by atoms with van der Waals surface area (Å²) >= 11 is 6.24. The summed E-state index contributed by atoms with van der Waals surface area (Å²) in [5, 5.41) is 0.111. The van der Waals surface area contributed by atoms with Gasteiger partial charge in [0.25, 0.3) is 11.8 Å². The van der Waals surface area contributed by atoms with Crippen LogP contribution in [0.3, 0.4) is 0 Å². The summed E-state index contributed by atoms with van der Waals surface area (Å²) in [5.74, 6) is -0.817. The number of hydrogen-bond acceptors (Lipinski definition) is 4. The highest BCUT2D eigenvalue weighted by atomic mass is 35.5. The highest BCUT2D eigenvalue weighted by Crippen LogP contribution is 2.36. The van der Waals surface area contributed by atoms with Crippen molar-refractivity contribution in [2.24, 2.45) is 10.7 Å². The predicted octanol–water partition coefficient (Wildman–Crippen LogP) is 3.11. The summed E-state index contributed by atoms with van der Waals surface area (Å²) in [6, 6.07) is 16.5. The molecule has 3 rings (SSSR count). The quantitative estimate of drug-likeness (QED) is 0.611. The van der Waals surface area contributed by atoms with Gasteiger partial charge in [-0.15, -0.1) is 0 Å². The van der Waals surface area contributed by atoms with Gasteiger partial charge < -0.3 is 19.8 Å². The number of rotatable bonds is 7. The molecule has 0 spiro atoms. The SMILES string of the molecule is COc1cc(C(=O)N=c2ccccn2Cc2ccc(C)cc2)cc(Cl)c1OCC(N)=O. The molecule has 0 unspecified atom stereocenters. The largest absolute Gasteiger partial charge is 0.493 e. The molecule has 2 aromatic carbocycles. The Morgan fingerprint density at radius 2 is 1.87 bits per heavy atom. The first-order valence-corrected chi connectivity index (χ1v) is 9.84. The van der Waals surface area contributed by atoms with Crippen LogP contribution in [-0.4, -0.2) is 30.1 Å². The Balaban J connectivity index is 1.92. The fourth-order valence-electron chi connectivity index (χ4n) is 2.89. The van der Waals surface area contributed by atoms with Gasteiger partial charge in [0.05, 0.1) is 12.1 Å². The molecule has 0 saturated heterocycles. The molecule has 8 heteroatoms. The zero-order valence-corrected chi connectivity index (χ0v) is 17.9. The minimum absolute atomic E-state index is 0.111. The number of hydrogen-bond donors (Lipinski definition) is 1. The normalized spacial score (nSPS) is 11.3. The lowest BCUT2D eigenvalue weighted by molar-refractivity contribution is -0.119. The van der Waals surface area contributed by atoms with Crippen molar-refractivity contribution in [2.45, 2.75) is 13.5 Å². The van der Waals surface area contributed by atoms with Gasteiger partial charge in [-0.1, -0.05) is 47.5 Å². The second-order valence-corrected chi connectivity index (χ2v) is 7.24. The van der Waals surface area contributed by atoms with Gasteiger partial charge >= 0.3 is 0 Å². The van der Waals surface area contributed by atoms with Gasteiger partial charge in [-0.25, -0.2) is 0 Å². The van der Waals surface area contributed by atoms with E-state index in [9.17, 15) is 9.59 Å². The van der Waals surface area contributed by atoms with Gasteiger partial charge in [0.2, 0.25) is 0 Å². The third-order valence-electron chi connectivity index (χ3n) is 4.44. The molecular formula is C23H22ClN3O4. The second kappa shape index (κ2) is 9.95. The van der Waals surface area contributed by atoms with Gasteiger partial charge in [0, 0.05) is 18.3 Å². The molecule has 0 radical (unpaired) electrons. The van der Waals surface area contributed by atoms with Gasteiger partial charge in [-0.3, -0.25) is 9.59 Å². The highest BCUT2D eigenvalue weighted by Gasteiger charge is 2.16. The molecule has 0 saturated carbocycles. The first-order valence-electron chi connectivity index (χ1n) is 9.46. The summed E-state index contributed by atoms with van der Waals surface area (Å²) in [7, 11) is 1.40. The van der Waals surface area contributed by atoms with E-state index in [-0.39, 0.29) is 28.7 Å². The molecule has 3 aromatic rings. The van der Waals surface area contributed by atoms with E-state index in [1.165, 1.54) is 24.8 Å². The van der Waals surface area contributed by atoms with Crippen LogP contribution in [0.25, 0.3) is 0 Å². The second-order valence-electron chi connectivity index (χ2n) is 6.83. The van der Waals surface area contributed by atoms with E-state index in [4.69, 9.17) is 26.8 Å². The van der Waals surface area contributed by atoms with Gasteiger partial charge in [-0.2, -0.15) is 4.99 Å². The van der Waals surface area contributed by atoms with Gasteiger partial charge in [0.15, 0.2) is 18.1 Å². The van der Waals surface area contributed by atoms with Crippen LogP contribution in [0, 0.1) is 6.92 Å². The van der Waals surface area contributed by atoms with E-state index in [1.807, 2.05) is 54.1 Å². The third kappa shape index (κ3) is 5.73. The smallest absolute Gasteiger partial charge is 0.279 e. The molecule has 31 heavy (non-hydrogen) atoms. The Hall–Kier alpha value is -3.58. The number of primary amides is 1. The summed E-state index contributed by atoms with van der Waals surface area (Å²) in [6.07, 6.45) is 1.86. The lowest BCUT2D eigenvalue weighted by Crippen LogP contribution is -2.22. The van der Waals surface area contributed by atoms with Crippen molar-refractivity contribution in [3.63, 3.8) is 0 Å². The molecular weight excluding hydrogens is 418 g/mol. The first kappa shape index (κ1) is 22.1. The van der Waals surface area contributed by atoms with E-state index >= 15 is 0 Å². The van der Waals surface area contributed by atoms with Crippen molar-refractivity contribution < 1.29 is 19.1 Å². The Kier molecular flexibility index (Phi) is 7.10. The van der Waals surface area contributed by atoms with Crippen LogP contribution in [0.4, 0.5) is 0 Å². The number of carbonyl (C=O) groups excluding carboxylic acids is 2. The zero-order valence-electron chi connectivity index (χ0n) is 17.2. The number of pyridine rings is 1. The minimum atomic E-state index is -0.657. The van der Waals surface area contributed by atoms with E-state index in [0.717, 1.165) is 5.56 Å². The van der Waals surface area contributed by atoms with Crippen LogP contribution in [0.2, 0.25) is 5.02 Å². The van der Waals surface area contributed by atoms with Crippen LogP contribution in [0.5, 0.6) is 11.5 Å². The molecule has 0 aliphatic carbocycles. The number of halogens is 1. The number of nitrogens with zero attached hydrogens (tertiary/aromatic N) is 2. The summed E-state index contributed by atoms with van der Waals surface area (Å²) in [4.78, 5) is 28.1. The number of benzene rings is 2. The minimum Gasteiger partial charge on any atom is -0.493 e. The fraction of sp³-hybridized carbons (Fsp3) is 0.174. The van der Waals surface area contributed by atoms with Crippen molar-refractivity contribution in [2.75, 3.05) is 13.7 Å². The maximum atomic E-state index is 12.9. The summed E-state index contributed by atoms with van der Waals surface area (Å²) in [5.41, 5.74) is 8.09. The molecule has 0 fully saturated rings. The third-order valence-corrected chi connectivity index (χ3v) is 4.72.